The highest BCUT2D eigenvalue weighted by atomic mass is 16.6. The summed E-state index contributed by atoms with van der Waals surface area (Å²) in [6.45, 7) is 3.36. The number of aromatic hydroxyl groups is 1. The van der Waals surface area contributed by atoms with Gasteiger partial charge in [-0.1, -0.05) is 60.7 Å². The zero-order valence-corrected chi connectivity index (χ0v) is 34.5. The summed E-state index contributed by atoms with van der Waals surface area (Å²) < 4.78 is 11.2. The van der Waals surface area contributed by atoms with E-state index in [2.05, 4.69) is 26.2 Å². The molecule has 0 aromatic heterocycles. The van der Waals surface area contributed by atoms with Gasteiger partial charge in [-0.05, 0) is 98.5 Å². The Bertz CT molecular complexity index is 2200. The topological polar surface area (TPSA) is 179 Å². The molecule has 320 valence electrons. The molecule has 2 heterocycles. The number of phenols is 1. The Hall–Kier alpha value is -6.25. The Morgan fingerprint density at radius 3 is 2.41 bits per heavy atom. The minimum Gasteiger partial charge on any atom is -0.506 e. The third-order valence-corrected chi connectivity index (χ3v) is 11.9. The molecule has 0 atom stereocenters. The van der Waals surface area contributed by atoms with Crippen molar-refractivity contribution in [2.45, 2.75) is 64.0 Å². The average Bonchev–Trinajstić information content (AvgIpc) is 3.25. The van der Waals surface area contributed by atoms with Gasteiger partial charge >= 0.3 is 6.09 Å². The molecular weight excluding hydrogens is 777 g/mol. The molecule has 7 rings (SSSR count). The smallest absolute Gasteiger partial charge is 0.411 e. The number of Topliss-reactive ketones (excluding diaryl/α,β-unsaturated/α-hetero) is 1. The summed E-state index contributed by atoms with van der Waals surface area (Å²) in [5.41, 5.74) is 4.87. The first-order chi connectivity index (χ1) is 29.5. The summed E-state index contributed by atoms with van der Waals surface area (Å²) >= 11 is 0. The third-order valence-electron chi connectivity index (χ3n) is 11.9. The largest absolute Gasteiger partial charge is 0.506 e. The lowest BCUT2D eigenvalue weighted by Crippen LogP contribution is -2.51. The Labute approximate surface area is 356 Å². The molecule has 2 aliphatic heterocycles. The van der Waals surface area contributed by atoms with Gasteiger partial charge in [-0.3, -0.25) is 24.5 Å². The molecule has 1 saturated carbocycles. The van der Waals surface area contributed by atoms with Crippen LogP contribution in [0.25, 0.3) is 11.1 Å². The van der Waals surface area contributed by atoms with Crippen LogP contribution in [0.1, 0.15) is 67.3 Å². The number of amides is 4. The van der Waals surface area contributed by atoms with Crippen molar-refractivity contribution in [2.75, 3.05) is 62.3 Å². The van der Waals surface area contributed by atoms with Crippen molar-refractivity contribution in [3.8, 4) is 22.6 Å². The van der Waals surface area contributed by atoms with E-state index in [1.807, 2.05) is 85.9 Å². The van der Waals surface area contributed by atoms with Crippen LogP contribution in [0.3, 0.4) is 0 Å². The molecule has 1 aliphatic carbocycles. The van der Waals surface area contributed by atoms with Gasteiger partial charge in [-0.25, -0.2) is 4.79 Å². The molecule has 14 nitrogen and oxygen atoms in total. The van der Waals surface area contributed by atoms with E-state index < -0.39 is 12.0 Å². The van der Waals surface area contributed by atoms with Gasteiger partial charge in [0.25, 0.3) is 5.91 Å². The van der Waals surface area contributed by atoms with Gasteiger partial charge in [0.1, 0.15) is 17.5 Å². The van der Waals surface area contributed by atoms with Crippen molar-refractivity contribution in [2.24, 2.45) is 5.41 Å². The Morgan fingerprint density at radius 2 is 1.64 bits per heavy atom. The summed E-state index contributed by atoms with van der Waals surface area (Å²) in [6.07, 6.45) is 5.49. The molecule has 1 saturated heterocycles. The fourth-order valence-corrected chi connectivity index (χ4v) is 8.33. The lowest BCUT2D eigenvalue weighted by Gasteiger charge is -2.51. The zero-order valence-electron chi connectivity index (χ0n) is 34.5. The van der Waals surface area contributed by atoms with Gasteiger partial charge in [0.15, 0.2) is 18.1 Å². The molecule has 0 unspecified atom stereocenters. The number of rotatable bonds is 17. The van der Waals surface area contributed by atoms with Gasteiger partial charge in [0.2, 0.25) is 11.8 Å². The molecule has 4 aromatic rings. The van der Waals surface area contributed by atoms with Crippen LogP contribution in [0.2, 0.25) is 0 Å². The highest BCUT2D eigenvalue weighted by Crippen LogP contribution is 2.50. The monoisotopic (exact) mass is 830 g/mol. The van der Waals surface area contributed by atoms with E-state index in [1.165, 1.54) is 12.1 Å². The average molecular weight is 831 g/mol. The molecule has 0 bridgehead atoms. The number of hydrogen-bond donors (Lipinski definition) is 5. The number of fused-ring (bicyclic) bond motifs is 1. The summed E-state index contributed by atoms with van der Waals surface area (Å²) in [7, 11) is 1.82. The number of carbonyl (C=O) groups is 5. The fraction of sp³-hybridized carbons (Fsp3) is 0.383. The second kappa shape index (κ2) is 19.9. The number of carbonyl (C=O) groups excluding carboxylic acids is 5. The first kappa shape index (κ1) is 42.9. The van der Waals surface area contributed by atoms with Crippen LogP contribution < -0.4 is 26.0 Å². The molecule has 4 amide bonds. The second-order valence-electron chi connectivity index (χ2n) is 16.3. The number of nitrogens with zero attached hydrogens (tertiary/aromatic N) is 2. The summed E-state index contributed by atoms with van der Waals surface area (Å²) in [5.74, 6) is -0.657. The van der Waals surface area contributed by atoms with Crippen LogP contribution in [0.4, 0.5) is 21.9 Å². The Morgan fingerprint density at radius 1 is 0.902 bits per heavy atom. The van der Waals surface area contributed by atoms with Gasteiger partial charge in [-0.2, -0.15) is 0 Å². The summed E-state index contributed by atoms with van der Waals surface area (Å²) in [5, 5.41) is 21.5. The van der Waals surface area contributed by atoms with Crippen molar-refractivity contribution in [3.63, 3.8) is 0 Å². The maximum Gasteiger partial charge on any atom is 0.411 e. The van der Waals surface area contributed by atoms with E-state index in [9.17, 15) is 29.1 Å². The molecule has 0 radical (unpaired) electrons. The maximum atomic E-state index is 12.9. The van der Waals surface area contributed by atoms with E-state index in [0.717, 1.165) is 74.1 Å². The van der Waals surface area contributed by atoms with E-state index in [0.29, 0.717) is 38.0 Å². The predicted octanol–water partition coefficient (Wildman–Crippen LogP) is 6.81. The zero-order chi connectivity index (χ0) is 42.8. The number of para-hydroxylation sites is 1. The van der Waals surface area contributed by atoms with E-state index in [1.54, 1.807) is 4.90 Å². The van der Waals surface area contributed by atoms with Crippen molar-refractivity contribution >= 4 is 46.7 Å². The van der Waals surface area contributed by atoms with Crippen LogP contribution in [-0.2, 0) is 25.7 Å². The SMILES string of the molecule is CN(CCCCC(=O)Nc1ccc(CNCC(=O)c2ccc(O)c3c2OCC(=O)N3)cc1)C(=O)CCN1CCC2(CC1)CC(OC(=O)Nc1ccccc1-c1ccccc1)C2. The Balaban J connectivity index is 0.723. The molecular formula is C47H54N6O8. The highest BCUT2D eigenvalue weighted by Gasteiger charge is 2.47. The van der Waals surface area contributed by atoms with Crippen molar-refractivity contribution in [1.29, 1.82) is 0 Å². The van der Waals surface area contributed by atoms with Crippen LogP contribution >= 0.6 is 0 Å². The minimum absolute atomic E-state index is 0.0158. The molecule has 2 fully saturated rings. The number of nitrogens with one attached hydrogen (secondary N) is 4. The number of unbranched alkanes of at least 4 members (excludes halogenated alkanes) is 1. The van der Waals surface area contributed by atoms with Crippen LogP contribution in [-0.4, -0.2) is 97.0 Å². The van der Waals surface area contributed by atoms with E-state index in [4.69, 9.17) is 9.47 Å². The third kappa shape index (κ3) is 11.3. The normalized spacial score (nSPS) is 15.7. The first-order valence-corrected chi connectivity index (χ1v) is 21.0. The van der Waals surface area contributed by atoms with Gasteiger partial charge in [-0.15, -0.1) is 0 Å². The molecule has 14 heteroatoms. The van der Waals surface area contributed by atoms with Gasteiger partial charge in [0, 0.05) is 50.8 Å². The number of hydrogen-bond acceptors (Lipinski definition) is 10. The first-order valence-electron chi connectivity index (χ1n) is 21.0. The van der Waals surface area contributed by atoms with Crippen molar-refractivity contribution in [1.82, 2.24) is 15.1 Å². The number of benzene rings is 4. The summed E-state index contributed by atoms with van der Waals surface area (Å²) in [6, 6.07) is 27.9. The lowest BCUT2D eigenvalue weighted by atomic mass is 9.61. The van der Waals surface area contributed by atoms with Gasteiger partial charge < -0.3 is 40.3 Å². The van der Waals surface area contributed by atoms with E-state index in [-0.39, 0.29) is 65.0 Å². The second-order valence-corrected chi connectivity index (χ2v) is 16.3. The predicted molar refractivity (Wildman–Crippen MR) is 233 cm³/mol. The maximum absolute atomic E-state index is 12.9. The lowest BCUT2D eigenvalue weighted by molar-refractivity contribution is -0.130. The molecule has 61 heavy (non-hydrogen) atoms. The van der Waals surface area contributed by atoms with Crippen LogP contribution in [0.15, 0.2) is 91.0 Å². The molecule has 4 aromatic carbocycles. The highest BCUT2D eigenvalue weighted by molar-refractivity contribution is 6.06. The number of ketones is 1. The molecule has 3 aliphatic rings. The minimum atomic E-state index is -0.420. The van der Waals surface area contributed by atoms with Crippen molar-refractivity contribution < 1.29 is 38.6 Å². The van der Waals surface area contributed by atoms with Crippen LogP contribution in [0.5, 0.6) is 11.5 Å². The Kier molecular flexibility index (Phi) is 14.0. The number of anilines is 3. The van der Waals surface area contributed by atoms with E-state index >= 15 is 0 Å². The quantitative estimate of drug-likeness (QED) is 0.0431. The van der Waals surface area contributed by atoms with Gasteiger partial charge in [0.05, 0.1) is 17.8 Å². The number of phenolic OH excluding ortho intramolecular Hbond substituents is 1. The van der Waals surface area contributed by atoms with Crippen molar-refractivity contribution in [3.05, 3.63) is 102 Å². The molecule has 5 N–H and O–H groups in total. The molecule has 1 spiro atoms. The fourth-order valence-electron chi connectivity index (χ4n) is 8.33. The standard InChI is InChI=1S/C47H54N6O8/c1-52(23-8-7-13-41(56)49-34-16-14-32(15-17-34)29-48-30-40(55)37-18-19-39(54)44-45(37)60-31-42(57)51-44)43(58)20-24-53-25-21-47(22-26-53)27-35(28-47)61-46(59)50-38-12-6-5-11-36(38)33-9-3-2-4-10-33/h2-6,9-12,14-19,35,48,54H,7-8,13,20-31H2,1H3,(H,49,56)(H,50,59)(H,51,57). The number of ether oxygens (including phenoxy) is 2. The number of likely N-dealkylation sites (tertiary alicyclic amines) is 1. The summed E-state index contributed by atoms with van der Waals surface area (Å²) in [4.78, 5) is 66.9. The number of piperidine rings is 1. The van der Waals surface area contributed by atoms with Crippen LogP contribution in [0, 0.1) is 5.41 Å².